The minimum absolute atomic E-state index is 0.0173. The quantitative estimate of drug-likeness (QED) is 0.484. The maximum Gasteiger partial charge on any atom is 0.200 e. The number of hydrogen-bond donors (Lipinski definition) is 1. The average Bonchev–Trinajstić information content (AvgIpc) is 3.16. The van der Waals surface area contributed by atoms with E-state index in [1.54, 1.807) is 12.1 Å². The van der Waals surface area contributed by atoms with Crippen LogP contribution in [-0.4, -0.2) is 32.2 Å². The summed E-state index contributed by atoms with van der Waals surface area (Å²) in [5, 5.41) is 0. The molecule has 0 spiro atoms. The van der Waals surface area contributed by atoms with Crippen LogP contribution in [-0.2, 0) is 4.74 Å². The fourth-order valence-corrected chi connectivity index (χ4v) is 2.17. The van der Waals surface area contributed by atoms with E-state index in [2.05, 4.69) is 6.92 Å². The topological polar surface area (TPSA) is 74.1 Å². The molecule has 1 heterocycles. The summed E-state index contributed by atoms with van der Waals surface area (Å²) < 4.78 is 15.7. The van der Waals surface area contributed by atoms with E-state index in [-0.39, 0.29) is 18.0 Å². The number of carbonyl (C=O) groups excluding carboxylic acids is 1. The number of epoxide rings is 1. The van der Waals surface area contributed by atoms with E-state index in [0.717, 1.165) is 12.8 Å². The first-order chi connectivity index (χ1) is 9.12. The number of anilines is 1. The highest BCUT2D eigenvalue weighted by atomic mass is 16.6. The average molecular weight is 265 g/mol. The van der Waals surface area contributed by atoms with E-state index < -0.39 is 0 Å². The Morgan fingerprint density at radius 1 is 1.37 bits per heavy atom. The highest BCUT2D eigenvalue weighted by molar-refractivity contribution is 6.07. The van der Waals surface area contributed by atoms with E-state index in [9.17, 15) is 4.79 Å². The predicted octanol–water partition coefficient (Wildman–Crippen LogP) is 2.04. The van der Waals surface area contributed by atoms with Crippen molar-refractivity contribution in [3.05, 3.63) is 17.7 Å². The number of benzene rings is 1. The van der Waals surface area contributed by atoms with Gasteiger partial charge in [-0.2, -0.15) is 0 Å². The van der Waals surface area contributed by atoms with Crippen LogP contribution in [0.5, 0.6) is 11.5 Å². The first-order valence-electron chi connectivity index (χ1n) is 6.33. The number of ketones is 1. The van der Waals surface area contributed by atoms with E-state index in [0.29, 0.717) is 22.7 Å². The van der Waals surface area contributed by atoms with Crippen LogP contribution >= 0.6 is 0 Å². The molecule has 0 unspecified atom stereocenters. The molecular formula is C14H19NO4. The number of ether oxygens (including phenoxy) is 3. The van der Waals surface area contributed by atoms with Gasteiger partial charge >= 0.3 is 0 Å². The van der Waals surface area contributed by atoms with Crippen LogP contribution in [0.1, 0.15) is 30.1 Å². The Labute approximate surface area is 112 Å². The maximum atomic E-state index is 12.4. The molecule has 1 aromatic carbocycles. The lowest BCUT2D eigenvalue weighted by Crippen LogP contribution is -2.14. The summed E-state index contributed by atoms with van der Waals surface area (Å²) in [6.45, 7) is 2.06. The smallest absolute Gasteiger partial charge is 0.200 e. The molecule has 1 saturated heterocycles. The molecule has 0 bridgehead atoms. The second kappa shape index (κ2) is 5.48. The lowest BCUT2D eigenvalue weighted by molar-refractivity contribution is 0.0951. The molecule has 0 saturated carbocycles. The standard InChI is InChI=1S/C14H19NO4/c1-4-5-10-14(19-10)13(16)12-9(15)6-8(17-2)7-11(12)18-3/h6-7,10,14H,4-5,15H2,1-3H3/t10-,14+/m1/s1. The molecule has 5 nitrogen and oxygen atoms in total. The van der Waals surface area contributed by atoms with E-state index in [1.807, 2.05) is 0 Å². The Kier molecular flexibility index (Phi) is 3.95. The number of Topliss-reactive ketones (excluding diaryl/α,β-unsaturated/α-hetero) is 1. The fraction of sp³-hybridized carbons (Fsp3) is 0.500. The Morgan fingerprint density at radius 2 is 2.11 bits per heavy atom. The van der Waals surface area contributed by atoms with Gasteiger partial charge in [-0.25, -0.2) is 0 Å². The molecule has 19 heavy (non-hydrogen) atoms. The molecular weight excluding hydrogens is 246 g/mol. The summed E-state index contributed by atoms with van der Waals surface area (Å²) >= 11 is 0. The number of carbonyl (C=O) groups is 1. The highest BCUT2D eigenvalue weighted by Crippen LogP contribution is 2.37. The molecule has 0 aromatic heterocycles. The summed E-state index contributed by atoms with van der Waals surface area (Å²) in [4.78, 5) is 12.4. The lowest BCUT2D eigenvalue weighted by Gasteiger charge is -2.11. The van der Waals surface area contributed by atoms with Crippen LogP contribution in [0, 0.1) is 0 Å². The van der Waals surface area contributed by atoms with Gasteiger partial charge in [-0.15, -0.1) is 0 Å². The van der Waals surface area contributed by atoms with E-state index in [4.69, 9.17) is 19.9 Å². The van der Waals surface area contributed by atoms with Gasteiger partial charge < -0.3 is 19.9 Å². The van der Waals surface area contributed by atoms with Crippen LogP contribution in [0.2, 0.25) is 0 Å². The van der Waals surface area contributed by atoms with Crippen LogP contribution in [0.3, 0.4) is 0 Å². The zero-order valence-corrected chi connectivity index (χ0v) is 11.4. The van der Waals surface area contributed by atoms with Crippen LogP contribution in [0.4, 0.5) is 5.69 Å². The highest BCUT2D eigenvalue weighted by Gasteiger charge is 2.45. The first kappa shape index (κ1) is 13.7. The Bertz CT molecular complexity index is 487. The molecule has 0 radical (unpaired) electrons. The molecule has 1 fully saturated rings. The second-order valence-electron chi connectivity index (χ2n) is 4.54. The van der Waals surface area contributed by atoms with Crippen molar-refractivity contribution < 1.29 is 19.0 Å². The van der Waals surface area contributed by atoms with Gasteiger partial charge in [0.2, 0.25) is 0 Å². The maximum absolute atomic E-state index is 12.4. The molecule has 2 rings (SSSR count). The van der Waals surface area contributed by atoms with Crippen molar-refractivity contribution in [1.82, 2.24) is 0 Å². The van der Waals surface area contributed by atoms with E-state index >= 15 is 0 Å². The summed E-state index contributed by atoms with van der Waals surface area (Å²) in [7, 11) is 3.04. The number of nitrogens with two attached hydrogens (primary N) is 1. The van der Waals surface area contributed by atoms with Crippen molar-refractivity contribution >= 4 is 11.5 Å². The number of methoxy groups -OCH3 is 2. The largest absolute Gasteiger partial charge is 0.497 e. The fourth-order valence-electron chi connectivity index (χ4n) is 2.17. The minimum Gasteiger partial charge on any atom is -0.497 e. The van der Waals surface area contributed by atoms with Crippen LogP contribution in [0.25, 0.3) is 0 Å². The van der Waals surface area contributed by atoms with Crippen LogP contribution in [0.15, 0.2) is 12.1 Å². The summed E-state index contributed by atoms with van der Waals surface area (Å²) in [6.07, 6.45) is 1.51. The minimum atomic E-state index is -0.385. The first-order valence-corrected chi connectivity index (χ1v) is 6.33. The van der Waals surface area contributed by atoms with Crippen molar-refractivity contribution in [2.75, 3.05) is 20.0 Å². The second-order valence-corrected chi connectivity index (χ2v) is 4.54. The molecule has 2 atom stereocenters. The van der Waals surface area contributed by atoms with Gasteiger partial charge in [-0.3, -0.25) is 4.79 Å². The number of hydrogen-bond acceptors (Lipinski definition) is 5. The van der Waals surface area contributed by atoms with Gasteiger partial charge in [0.25, 0.3) is 0 Å². The third-order valence-corrected chi connectivity index (χ3v) is 3.22. The molecule has 0 aliphatic carbocycles. The third-order valence-electron chi connectivity index (χ3n) is 3.22. The van der Waals surface area contributed by atoms with Crippen molar-refractivity contribution in [3.63, 3.8) is 0 Å². The van der Waals surface area contributed by atoms with Gasteiger partial charge in [-0.05, 0) is 6.42 Å². The van der Waals surface area contributed by atoms with Gasteiger partial charge in [-0.1, -0.05) is 13.3 Å². The predicted molar refractivity (Wildman–Crippen MR) is 71.9 cm³/mol. The molecule has 1 aliphatic heterocycles. The zero-order valence-electron chi connectivity index (χ0n) is 11.4. The molecule has 5 heteroatoms. The van der Waals surface area contributed by atoms with Crippen molar-refractivity contribution in [2.24, 2.45) is 0 Å². The molecule has 0 amide bonds. The summed E-state index contributed by atoms with van der Waals surface area (Å²) in [5.74, 6) is 0.871. The Morgan fingerprint density at radius 3 is 2.68 bits per heavy atom. The molecule has 1 aliphatic rings. The molecule has 104 valence electrons. The normalized spacial score (nSPS) is 21.0. The molecule has 2 N–H and O–H groups in total. The molecule has 1 aromatic rings. The number of nitrogen functional groups attached to an aromatic ring is 1. The van der Waals surface area contributed by atoms with E-state index in [1.165, 1.54) is 14.2 Å². The summed E-state index contributed by atoms with van der Waals surface area (Å²) in [6, 6.07) is 3.27. The van der Waals surface area contributed by atoms with Crippen LogP contribution < -0.4 is 15.2 Å². The SMILES string of the molecule is CCC[C@H]1O[C@@H]1C(=O)c1c(N)cc(OC)cc1OC. The summed E-state index contributed by atoms with van der Waals surface area (Å²) in [5.41, 5.74) is 6.66. The van der Waals surface area contributed by atoms with Gasteiger partial charge in [0.05, 0.1) is 25.9 Å². The van der Waals surface area contributed by atoms with Crippen molar-refractivity contribution in [2.45, 2.75) is 32.0 Å². The lowest BCUT2D eigenvalue weighted by atomic mass is 10.0. The van der Waals surface area contributed by atoms with Gasteiger partial charge in [0, 0.05) is 17.8 Å². The van der Waals surface area contributed by atoms with Crippen molar-refractivity contribution in [1.29, 1.82) is 0 Å². The van der Waals surface area contributed by atoms with Gasteiger partial charge in [0.1, 0.15) is 17.6 Å². The zero-order chi connectivity index (χ0) is 14.0. The Hall–Kier alpha value is -1.75. The Balaban J connectivity index is 2.27. The third kappa shape index (κ3) is 2.66. The monoisotopic (exact) mass is 265 g/mol. The van der Waals surface area contributed by atoms with Gasteiger partial charge in [0.15, 0.2) is 5.78 Å². The van der Waals surface area contributed by atoms with Crippen molar-refractivity contribution in [3.8, 4) is 11.5 Å². The number of rotatable bonds is 6.